The summed E-state index contributed by atoms with van der Waals surface area (Å²) >= 11 is 0. The second kappa shape index (κ2) is 8.16. The van der Waals surface area contributed by atoms with Gasteiger partial charge in [-0.2, -0.15) is 0 Å². The average molecular weight is 440 g/mol. The van der Waals surface area contributed by atoms with E-state index in [1.165, 1.54) is 4.90 Å². The van der Waals surface area contributed by atoms with Crippen molar-refractivity contribution in [1.82, 2.24) is 19.9 Å². The number of nitrogens with one attached hydrogen (secondary N) is 1. The van der Waals surface area contributed by atoms with Crippen LogP contribution in [0.15, 0.2) is 55.0 Å². The summed E-state index contributed by atoms with van der Waals surface area (Å²) in [5.41, 5.74) is 7.18. The van der Waals surface area contributed by atoms with Gasteiger partial charge in [0.15, 0.2) is 0 Å². The summed E-state index contributed by atoms with van der Waals surface area (Å²) in [7, 11) is 3.45. The van der Waals surface area contributed by atoms with Crippen LogP contribution in [0.5, 0.6) is 0 Å². The van der Waals surface area contributed by atoms with Gasteiger partial charge < -0.3 is 14.8 Å². The van der Waals surface area contributed by atoms with E-state index in [1.807, 2.05) is 35.5 Å². The highest BCUT2D eigenvalue weighted by Gasteiger charge is 2.22. The Hall–Kier alpha value is -4.00. The SMILES string of the molecule is Cc1cc(N2CCCC2=O)ccc1-c1cncc(-c2ccnc3[nH]c(C(=O)N(C)C)cc23)c1. The van der Waals surface area contributed by atoms with Crippen LogP contribution in [0.3, 0.4) is 0 Å². The Morgan fingerprint density at radius 2 is 1.85 bits per heavy atom. The molecule has 1 aromatic carbocycles. The third-order valence-corrected chi connectivity index (χ3v) is 6.12. The Balaban J connectivity index is 1.53. The number of aromatic nitrogens is 3. The molecule has 1 fully saturated rings. The molecule has 1 N–H and O–H groups in total. The quantitative estimate of drug-likeness (QED) is 0.510. The Kier molecular flexibility index (Phi) is 5.17. The van der Waals surface area contributed by atoms with Gasteiger partial charge in [-0.25, -0.2) is 4.98 Å². The number of carbonyl (C=O) groups excluding carboxylic acids is 2. The number of nitrogens with zero attached hydrogens (tertiary/aromatic N) is 4. The van der Waals surface area contributed by atoms with Crippen LogP contribution in [0.1, 0.15) is 28.9 Å². The first-order valence-corrected chi connectivity index (χ1v) is 11.0. The van der Waals surface area contributed by atoms with E-state index < -0.39 is 0 Å². The van der Waals surface area contributed by atoms with Crippen molar-refractivity contribution in [3.05, 3.63) is 66.2 Å². The maximum absolute atomic E-state index is 12.4. The van der Waals surface area contributed by atoms with Gasteiger partial charge in [0.1, 0.15) is 11.3 Å². The van der Waals surface area contributed by atoms with E-state index in [0.29, 0.717) is 17.8 Å². The Bertz CT molecular complexity index is 1390. The first kappa shape index (κ1) is 20.9. The third-order valence-electron chi connectivity index (χ3n) is 6.12. The molecule has 0 bridgehead atoms. The van der Waals surface area contributed by atoms with Crippen molar-refractivity contribution in [2.45, 2.75) is 19.8 Å². The van der Waals surface area contributed by atoms with Crippen LogP contribution in [0, 0.1) is 6.92 Å². The van der Waals surface area contributed by atoms with Crippen LogP contribution in [0.25, 0.3) is 33.3 Å². The van der Waals surface area contributed by atoms with Crippen molar-refractivity contribution in [3.8, 4) is 22.3 Å². The third kappa shape index (κ3) is 3.75. The topological polar surface area (TPSA) is 82.2 Å². The summed E-state index contributed by atoms with van der Waals surface area (Å²) < 4.78 is 0. The molecule has 1 saturated heterocycles. The molecule has 0 aliphatic carbocycles. The molecular weight excluding hydrogens is 414 g/mol. The van der Waals surface area contributed by atoms with Gasteiger partial charge in [0.05, 0.1) is 0 Å². The zero-order valence-corrected chi connectivity index (χ0v) is 18.9. The van der Waals surface area contributed by atoms with Crippen LogP contribution in [0.4, 0.5) is 5.69 Å². The Labute approximate surface area is 192 Å². The monoisotopic (exact) mass is 439 g/mol. The normalized spacial score (nSPS) is 13.7. The van der Waals surface area contributed by atoms with Crippen molar-refractivity contribution < 1.29 is 9.59 Å². The van der Waals surface area contributed by atoms with E-state index >= 15 is 0 Å². The summed E-state index contributed by atoms with van der Waals surface area (Å²) in [6, 6.07) is 12.0. The van der Waals surface area contributed by atoms with E-state index in [-0.39, 0.29) is 11.8 Å². The van der Waals surface area contributed by atoms with E-state index in [1.54, 1.807) is 20.3 Å². The number of hydrogen-bond acceptors (Lipinski definition) is 4. The lowest BCUT2D eigenvalue weighted by Gasteiger charge is -2.18. The van der Waals surface area contributed by atoms with Crippen molar-refractivity contribution in [3.63, 3.8) is 0 Å². The molecule has 7 nitrogen and oxygen atoms in total. The van der Waals surface area contributed by atoms with Crippen LogP contribution in [-0.4, -0.2) is 52.3 Å². The fourth-order valence-electron chi connectivity index (χ4n) is 4.43. The van der Waals surface area contributed by atoms with Gasteiger partial charge in [-0.05, 0) is 60.4 Å². The molecule has 3 aromatic heterocycles. The lowest BCUT2D eigenvalue weighted by molar-refractivity contribution is -0.117. The van der Waals surface area contributed by atoms with E-state index in [4.69, 9.17) is 0 Å². The zero-order valence-electron chi connectivity index (χ0n) is 18.9. The molecule has 1 aliphatic rings. The molecule has 0 saturated carbocycles. The number of anilines is 1. The average Bonchev–Trinajstić information content (AvgIpc) is 3.44. The molecule has 7 heteroatoms. The first-order chi connectivity index (χ1) is 15.9. The predicted molar refractivity (Wildman–Crippen MR) is 129 cm³/mol. The summed E-state index contributed by atoms with van der Waals surface area (Å²) in [6.45, 7) is 2.84. The lowest BCUT2D eigenvalue weighted by Crippen LogP contribution is -2.23. The molecule has 2 amide bonds. The van der Waals surface area contributed by atoms with Crippen LogP contribution in [-0.2, 0) is 4.79 Å². The van der Waals surface area contributed by atoms with Crippen LogP contribution in [0.2, 0.25) is 0 Å². The highest BCUT2D eigenvalue weighted by atomic mass is 16.2. The predicted octanol–water partition coefficient (Wildman–Crippen LogP) is 4.43. The molecule has 0 spiro atoms. The standard InChI is InChI=1S/C26H25N5O2/c1-16-11-19(31-10-4-5-24(31)32)6-7-20(16)17-12-18(15-27-14-17)21-8-9-28-25-22(21)13-23(29-25)26(33)30(2)3/h6-9,11-15H,4-5,10H2,1-3H3,(H,28,29). The van der Waals surface area contributed by atoms with Crippen LogP contribution < -0.4 is 4.90 Å². The maximum Gasteiger partial charge on any atom is 0.269 e. The second-order valence-corrected chi connectivity index (χ2v) is 8.61. The molecule has 5 rings (SSSR count). The van der Waals surface area contributed by atoms with Gasteiger partial charge in [-0.15, -0.1) is 0 Å². The minimum absolute atomic E-state index is 0.0991. The summed E-state index contributed by atoms with van der Waals surface area (Å²) in [5.74, 6) is 0.0872. The fourth-order valence-corrected chi connectivity index (χ4v) is 4.43. The van der Waals surface area contributed by atoms with Crippen molar-refractivity contribution in [2.24, 2.45) is 0 Å². The number of carbonyl (C=O) groups is 2. The molecule has 0 unspecified atom stereocenters. The largest absolute Gasteiger partial charge is 0.344 e. The van der Waals surface area contributed by atoms with E-state index in [9.17, 15) is 9.59 Å². The van der Waals surface area contributed by atoms with Gasteiger partial charge >= 0.3 is 0 Å². The van der Waals surface area contributed by atoms with Crippen molar-refractivity contribution >= 4 is 28.5 Å². The highest BCUT2D eigenvalue weighted by Crippen LogP contribution is 2.33. The number of aryl methyl sites for hydroxylation is 1. The molecule has 166 valence electrons. The summed E-state index contributed by atoms with van der Waals surface area (Å²) in [4.78, 5) is 39.9. The molecule has 4 aromatic rings. The molecular formula is C26H25N5O2. The molecule has 1 aliphatic heterocycles. The van der Waals surface area contributed by atoms with Gasteiger partial charge in [-0.3, -0.25) is 14.6 Å². The molecule has 4 heterocycles. The summed E-state index contributed by atoms with van der Waals surface area (Å²) in [5, 5.41) is 0.876. The zero-order chi connectivity index (χ0) is 23.1. The van der Waals surface area contributed by atoms with Gasteiger partial charge in [0, 0.05) is 67.9 Å². The minimum Gasteiger partial charge on any atom is -0.344 e. The minimum atomic E-state index is -0.0991. The van der Waals surface area contributed by atoms with Crippen LogP contribution >= 0.6 is 0 Å². The van der Waals surface area contributed by atoms with Gasteiger partial charge in [0.25, 0.3) is 5.91 Å². The summed E-state index contributed by atoms with van der Waals surface area (Å²) in [6.07, 6.45) is 6.94. The molecule has 0 radical (unpaired) electrons. The van der Waals surface area contributed by atoms with Crippen molar-refractivity contribution in [2.75, 3.05) is 25.5 Å². The Morgan fingerprint density at radius 1 is 1.06 bits per heavy atom. The van der Waals surface area contributed by atoms with Crippen molar-refractivity contribution in [1.29, 1.82) is 0 Å². The van der Waals surface area contributed by atoms with Gasteiger partial charge in [0.2, 0.25) is 5.91 Å². The first-order valence-electron chi connectivity index (χ1n) is 11.0. The number of amides is 2. The van der Waals surface area contributed by atoms with E-state index in [2.05, 4.69) is 40.1 Å². The number of fused-ring (bicyclic) bond motifs is 1. The maximum atomic E-state index is 12.4. The smallest absolute Gasteiger partial charge is 0.269 e. The van der Waals surface area contributed by atoms with Gasteiger partial charge in [-0.1, -0.05) is 6.07 Å². The fraction of sp³-hybridized carbons (Fsp3) is 0.231. The number of rotatable bonds is 4. The molecule has 0 atom stereocenters. The number of hydrogen-bond donors (Lipinski definition) is 1. The molecule has 33 heavy (non-hydrogen) atoms. The highest BCUT2D eigenvalue weighted by molar-refractivity contribution is 6.01. The second-order valence-electron chi connectivity index (χ2n) is 8.61. The lowest BCUT2D eigenvalue weighted by atomic mass is 9.97. The number of benzene rings is 1. The van der Waals surface area contributed by atoms with E-state index in [0.717, 1.165) is 51.9 Å². The number of aromatic amines is 1. The number of pyridine rings is 2. The number of H-pyrrole nitrogens is 1. The Morgan fingerprint density at radius 3 is 2.55 bits per heavy atom.